The maximum Gasteiger partial charge on any atom is 0.276 e. The average molecular weight is 254 g/mol. The van der Waals surface area contributed by atoms with Gasteiger partial charge in [0.15, 0.2) is 0 Å². The van der Waals surface area contributed by atoms with Gasteiger partial charge in [0.05, 0.1) is 28.2 Å². The monoisotopic (exact) mass is 254 g/mol. The average Bonchev–Trinajstić information content (AvgIpc) is 2.13. The van der Waals surface area contributed by atoms with Gasteiger partial charge < -0.3 is 16.2 Å². The number of nitrogens with two attached hydrogens (primary N) is 1. The largest absolute Gasteiger partial charge is 0.388 e. The number of pyridine rings is 1. The molecular formula is C11H18N4O3. The summed E-state index contributed by atoms with van der Waals surface area (Å²) in [6.45, 7) is 6.81. The summed E-state index contributed by atoms with van der Waals surface area (Å²) >= 11 is 0. The lowest BCUT2D eigenvalue weighted by Gasteiger charge is -2.38. The smallest absolute Gasteiger partial charge is 0.276 e. The molecule has 0 aromatic carbocycles. The normalized spacial score (nSPS) is 12.3. The molecule has 4 N–H and O–H groups in total. The number of anilines is 2. The molecular weight excluding hydrogens is 236 g/mol. The maximum absolute atomic E-state index is 10.7. The van der Waals surface area contributed by atoms with E-state index in [1.807, 2.05) is 0 Å². The van der Waals surface area contributed by atoms with Crippen LogP contribution in [0.3, 0.4) is 0 Å². The Morgan fingerprint density at radius 1 is 1.39 bits per heavy atom. The van der Waals surface area contributed by atoms with E-state index >= 15 is 0 Å². The van der Waals surface area contributed by atoms with Crippen molar-refractivity contribution in [3.05, 3.63) is 22.2 Å². The van der Waals surface area contributed by atoms with Crippen LogP contribution in [0.2, 0.25) is 0 Å². The molecule has 1 aromatic heterocycles. The number of aromatic nitrogens is 1. The van der Waals surface area contributed by atoms with Crippen molar-refractivity contribution in [1.29, 1.82) is 0 Å². The molecule has 0 amide bonds. The van der Waals surface area contributed by atoms with Crippen LogP contribution in [0.25, 0.3) is 0 Å². The molecule has 0 saturated carbocycles. The van der Waals surface area contributed by atoms with Crippen LogP contribution in [0.1, 0.15) is 27.7 Å². The van der Waals surface area contributed by atoms with E-state index < -0.39 is 16.1 Å². The zero-order valence-corrected chi connectivity index (χ0v) is 10.9. The van der Waals surface area contributed by atoms with Crippen LogP contribution < -0.4 is 11.1 Å². The van der Waals surface area contributed by atoms with E-state index in [1.54, 1.807) is 27.7 Å². The first-order valence-corrected chi connectivity index (χ1v) is 5.45. The second-order valence-corrected chi connectivity index (χ2v) is 5.20. The molecule has 0 aliphatic heterocycles. The van der Waals surface area contributed by atoms with Gasteiger partial charge in [-0.05, 0) is 27.7 Å². The predicted molar refractivity (Wildman–Crippen MR) is 69.3 cm³/mol. The minimum absolute atomic E-state index is 0.0539. The summed E-state index contributed by atoms with van der Waals surface area (Å²) < 4.78 is 0. The standard InChI is InChI=1S/C11H18N4O3/c1-10(2,11(3,4)16)14-9-6-7(15(17)18)5-8(12)13-9/h5-6,16H,1-4H3,(H3,12,13,14). The Kier molecular flexibility index (Phi) is 3.47. The number of nitrogens with zero attached hydrogens (tertiary/aromatic N) is 2. The highest BCUT2D eigenvalue weighted by atomic mass is 16.6. The lowest BCUT2D eigenvalue weighted by Crippen LogP contribution is -2.51. The third-order valence-corrected chi connectivity index (χ3v) is 3.01. The Morgan fingerprint density at radius 2 is 1.94 bits per heavy atom. The Hall–Kier alpha value is -1.89. The van der Waals surface area contributed by atoms with Crippen LogP contribution in [0.5, 0.6) is 0 Å². The van der Waals surface area contributed by atoms with Gasteiger partial charge in [0.1, 0.15) is 11.6 Å². The molecule has 0 radical (unpaired) electrons. The Morgan fingerprint density at radius 3 is 2.39 bits per heavy atom. The Balaban J connectivity index is 3.09. The summed E-state index contributed by atoms with van der Waals surface area (Å²) in [6, 6.07) is 2.46. The Bertz CT molecular complexity index is 466. The van der Waals surface area contributed by atoms with Gasteiger partial charge in [0.25, 0.3) is 5.69 Å². The molecule has 1 heterocycles. The van der Waals surface area contributed by atoms with Gasteiger partial charge >= 0.3 is 0 Å². The first-order valence-electron chi connectivity index (χ1n) is 5.45. The maximum atomic E-state index is 10.7. The molecule has 0 spiro atoms. The van der Waals surface area contributed by atoms with Crippen molar-refractivity contribution in [1.82, 2.24) is 4.98 Å². The molecule has 0 saturated heterocycles. The van der Waals surface area contributed by atoms with Crippen LogP contribution in [-0.2, 0) is 0 Å². The van der Waals surface area contributed by atoms with Crippen molar-refractivity contribution < 1.29 is 10.0 Å². The molecule has 0 atom stereocenters. The van der Waals surface area contributed by atoms with Gasteiger partial charge in [-0.2, -0.15) is 0 Å². The van der Waals surface area contributed by atoms with E-state index in [4.69, 9.17) is 5.73 Å². The highest BCUT2D eigenvalue weighted by Gasteiger charge is 2.35. The second kappa shape index (κ2) is 4.41. The minimum atomic E-state index is -1.03. The molecule has 7 heteroatoms. The number of hydrogen-bond donors (Lipinski definition) is 3. The highest BCUT2D eigenvalue weighted by molar-refractivity contribution is 5.53. The molecule has 0 aliphatic carbocycles. The first kappa shape index (κ1) is 14.2. The van der Waals surface area contributed by atoms with Gasteiger partial charge in [-0.25, -0.2) is 4.98 Å². The van der Waals surface area contributed by atoms with E-state index in [0.717, 1.165) is 0 Å². The quantitative estimate of drug-likeness (QED) is 0.554. The SMILES string of the molecule is CC(C)(O)C(C)(C)Nc1cc([N+](=O)[O-])cc(N)n1. The van der Waals surface area contributed by atoms with Crippen LogP contribution in [0.4, 0.5) is 17.3 Å². The summed E-state index contributed by atoms with van der Waals surface area (Å²) in [5.74, 6) is 0.312. The van der Waals surface area contributed by atoms with Crippen LogP contribution in [0, 0.1) is 10.1 Å². The van der Waals surface area contributed by atoms with Gasteiger partial charge in [-0.15, -0.1) is 0 Å². The van der Waals surface area contributed by atoms with Gasteiger partial charge in [0.2, 0.25) is 0 Å². The molecule has 100 valence electrons. The number of hydrogen-bond acceptors (Lipinski definition) is 6. The Labute approximate surface area is 105 Å². The van der Waals surface area contributed by atoms with E-state index in [2.05, 4.69) is 10.3 Å². The first-order chi connectivity index (χ1) is 8.03. The fourth-order valence-corrected chi connectivity index (χ4v) is 1.18. The molecule has 0 bridgehead atoms. The molecule has 0 unspecified atom stereocenters. The topological polar surface area (TPSA) is 114 Å². The van der Waals surface area contributed by atoms with Gasteiger partial charge in [-0.3, -0.25) is 10.1 Å². The number of nitro groups is 1. The third kappa shape index (κ3) is 3.07. The fraction of sp³-hybridized carbons (Fsp3) is 0.545. The number of nitrogen functional groups attached to an aromatic ring is 1. The van der Waals surface area contributed by atoms with Crippen LogP contribution >= 0.6 is 0 Å². The molecule has 1 rings (SSSR count). The number of nitrogens with one attached hydrogen (secondary N) is 1. The van der Waals surface area contributed by atoms with E-state index in [9.17, 15) is 15.2 Å². The van der Waals surface area contributed by atoms with Gasteiger partial charge in [-0.1, -0.05) is 0 Å². The van der Waals surface area contributed by atoms with E-state index in [1.165, 1.54) is 12.1 Å². The second-order valence-electron chi connectivity index (χ2n) is 5.20. The fourth-order valence-electron chi connectivity index (χ4n) is 1.18. The van der Waals surface area contributed by atoms with E-state index in [0.29, 0.717) is 0 Å². The summed E-state index contributed by atoms with van der Waals surface area (Å²) in [5, 5.41) is 23.7. The van der Waals surface area contributed by atoms with Crippen LogP contribution in [-0.4, -0.2) is 26.2 Å². The highest BCUT2D eigenvalue weighted by Crippen LogP contribution is 2.27. The number of rotatable bonds is 4. The van der Waals surface area contributed by atoms with Crippen molar-refractivity contribution in [2.24, 2.45) is 0 Å². The molecule has 7 nitrogen and oxygen atoms in total. The zero-order chi connectivity index (χ0) is 14.1. The third-order valence-electron chi connectivity index (χ3n) is 3.01. The summed E-state index contributed by atoms with van der Waals surface area (Å²) in [7, 11) is 0. The minimum Gasteiger partial charge on any atom is -0.388 e. The van der Waals surface area contributed by atoms with Crippen molar-refractivity contribution in [3.8, 4) is 0 Å². The summed E-state index contributed by atoms with van der Waals surface area (Å²) in [6.07, 6.45) is 0. The van der Waals surface area contributed by atoms with Crippen LogP contribution in [0.15, 0.2) is 12.1 Å². The lowest BCUT2D eigenvalue weighted by atomic mass is 9.86. The zero-order valence-electron chi connectivity index (χ0n) is 10.9. The molecule has 0 fully saturated rings. The van der Waals surface area contributed by atoms with Crippen molar-refractivity contribution >= 4 is 17.3 Å². The molecule has 18 heavy (non-hydrogen) atoms. The predicted octanol–water partition coefficient (Wildman–Crippen LogP) is 1.53. The van der Waals surface area contributed by atoms with Crippen molar-refractivity contribution in [2.45, 2.75) is 38.8 Å². The molecule has 0 aliphatic rings. The van der Waals surface area contributed by atoms with Gasteiger partial charge in [0, 0.05) is 0 Å². The number of aliphatic hydroxyl groups is 1. The van der Waals surface area contributed by atoms with Crippen molar-refractivity contribution in [3.63, 3.8) is 0 Å². The molecule has 1 aromatic rings. The summed E-state index contributed by atoms with van der Waals surface area (Å²) in [5.41, 5.74) is 3.61. The lowest BCUT2D eigenvalue weighted by molar-refractivity contribution is -0.384. The summed E-state index contributed by atoms with van der Waals surface area (Å²) in [4.78, 5) is 14.1. The van der Waals surface area contributed by atoms with Crippen molar-refractivity contribution in [2.75, 3.05) is 11.1 Å². The van der Waals surface area contributed by atoms with E-state index in [-0.39, 0.29) is 17.3 Å².